The van der Waals surface area contributed by atoms with E-state index >= 15 is 0 Å². The van der Waals surface area contributed by atoms with Gasteiger partial charge in [-0.2, -0.15) is 0 Å². The van der Waals surface area contributed by atoms with Gasteiger partial charge in [0.2, 0.25) is 5.91 Å². The van der Waals surface area contributed by atoms with Crippen LogP contribution in [0.1, 0.15) is 24.2 Å². The summed E-state index contributed by atoms with van der Waals surface area (Å²) in [4.78, 5) is 37.3. The second-order valence-electron chi connectivity index (χ2n) is 7.80. The molecule has 0 aliphatic heterocycles. The molecule has 3 rings (SSSR count). The first-order valence-corrected chi connectivity index (χ1v) is 10.5. The molecule has 0 saturated carbocycles. The molecule has 0 aliphatic carbocycles. The van der Waals surface area contributed by atoms with Gasteiger partial charge in [0.25, 0.3) is 5.91 Å². The largest absolute Gasteiger partial charge is 0.340 e. The minimum atomic E-state index is -1.04. The summed E-state index contributed by atoms with van der Waals surface area (Å²) in [5, 5.41) is 10.4. The van der Waals surface area contributed by atoms with Crippen molar-refractivity contribution in [1.82, 2.24) is 5.32 Å². The Morgan fingerprint density at radius 2 is 1.18 bits per heavy atom. The molecular weight excluding hydrogens is 442 g/mol. The number of halogens is 2. The van der Waals surface area contributed by atoms with Gasteiger partial charge in [0, 0.05) is 17.1 Å². The third-order valence-electron chi connectivity index (χ3n) is 4.87. The SMILES string of the molecule is CC(C)[C@H](NC(=O)c1c(F)cccc1F)C(=O)Nc1ccc(NC(=O)Nc2ccccc2)cc1. The molecule has 0 fully saturated rings. The molecule has 0 aliphatic rings. The molecule has 3 aromatic rings. The van der Waals surface area contributed by atoms with Crippen LogP contribution in [-0.4, -0.2) is 23.9 Å². The molecule has 9 heteroatoms. The van der Waals surface area contributed by atoms with Gasteiger partial charge in [-0.1, -0.05) is 38.1 Å². The van der Waals surface area contributed by atoms with E-state index in [1.54, 1.807) is 62.4 Å². The first kappa shape index (κ1) is 24.4. The lowest BCUT2D eigenvalue weighted by Gasteiger charge is -2.22. The van der Waals surface area contributed by atoms with Crippen molar-refractivity contribution in [2.45, 2.75) is 19.9 Å². The zero-order valence-corrected chi connectivity index (χ0v) is 18.6. The summed E-state index contributed by atoms with van der Waals surface area (Å²) < 4.78 is 27.8. The van der Waals surface area contributed by atoms with E-state index in [9.17, 15) is 23.2 Å². The number of para-hydroxylation sites is 1. The molecule has 0 saturated heterocycles. The van der Waals surface area contributed by atoms with Gasteiger partial charge in [-0.3, -0.25) is 9.59 Å². The molecule has 3 aromatic carbocycles. The fourth-order valence-corrected chi connectivity index (χ4v) is 3.13. The van der Waals surface area contributed by atoms with Crippen LogP contribution in [0.4, 0.5) is 30.6 Å². The summed E-state index contributed by atoms with van der Waals surface area (Å²) in [6.07, 6.45) is 0. The second kappa shape index (κ2) is 11.0. The van der Waals surface area contributed by atoms with Crippen LogP contribution < -0.4 is 21.3 Å². The van der Waals surface area contributed by atoms with Crippen LogP contribution in [0, 0.1) is 17.6 Å². The Morgan fingerprint density at radius 1 is 0.676 bits per heavy atom. The molecule has 176 valence electrons. The molecule has 0 aromatic heterocycles. The Morgan fingerprint density at radius 3 is 1.71 bits per heavy atom. The van der Waals surface area contributed by atoms with Gasteiger partial charge >= 0.3 is 6.03 Å². The minimum absolute atomic E-state index is 0.360. The van der Waals surface area contributed by atoms with Crippen LogP contribution in [0.25, 0.3) is 0 Å². The van der Waals surface area contributed by atoms with Crippen LogP contribution in [0.3, 0.4) is 0 Å². The van der Waals surface area contributed by atoms with Crippen molar-refractivity contribution >= 4 is 34.9 Å². The summed E-state index contributed by atoms with van der Waals surface area (Å²) >= 11 is 0. The van der Waals surface area contributed by atoms with E-state index in [0.29, 0.717) is 17.1 Å². The summed E-state index contributed by atoms with van der Waals surface area (Å²) in [6, 6.07) is 16.9. The molecule has 4 N–H and O–H groups in total. The molecule has 7 nitrogen and oxygen atoms in total. The lowest BCUT2D eigenvalue weighted by atomic mass is 10.0. The number of carbonyl (C=O) groups excluding carboxylic acids is 3. The molecule has 0 unspecified atom stereocenters. The van der Waals surface area contributed by atoms with E-state index in [4.69, 9.17) is 0 Å². The highest BCUT2D eigenvalue weighted by molar-refractivity contribution is 6.02. The van der Waals surface area contributed by atoms with Gasteiger partial charge in [0.1, 0.15) is 23.2 Å². The monoisotopic (exact) mass is 466 g/mol. The van der Waals surface area contributed by atoms with Crippen LogP contribution in [-0.2, 0) is 4.79 Å². The number of carbonyl (C=O) groups is 3. The second-order valence-corrected chi connectivity index (χ2v) is 7.80. The Labute approximate surface area is 195 Å². The van der Waals surface area contributed by atoms with Crippen molar-refractivity contribution in [3.05, 3.63) is 90.0 Å². The Balaban J connectivity index is 1.61. The molecule has 0 spiro atoms. The van der Waals surface area contributed by atoms with Crippen LogP contribution >= 0.6 is 0 Å². The highest BCUT2D eigenvalue weighted by atomic mass is 19.1. The number of benzene rings is 3. The fourth-order valence-electron chi connectivity index (χ4n) is 3.13. The first-order valence-electron chi connectivity index (χ1n) is 10.5. The lowest BCUT2D eigenvalue weighted by molar-refractivity contribution is -0.118. The summed E-state index contributed by atoms with van der Waals surface area (Å²) in [5.41, 5.74) is 0.803. The van der Waals surface area contributed by atoms with E-state index in [0.717, 1.165) is 18.2 Å². The van der Waals surface area contributed by atoms with Crippen molar-refractivity contribution in [2.75, 3.05) is 16.0 Å². The number of urea groups is 1. The summed E-state index contributed by atoms with van der Waals surface area (Å²) in [5.74, 6) is -3.96. The zero-order chi connectivity index (χ0) is 24.7. The normalized spacial score (nSPS) is 11.4. The van der Waals surface area contributed by atoms with E-state index in [-0.39, 0.29) is 5.92 Å². The smallest absolute Gasteiger partial charge is 0.323 e. The number of hydrogen-bond donors (Lipinski definition) is 4. The average molecular weight is 466 g/mol. The van der Waals surface area contributed by atoms with Gasteiger partial charge < -0.3 is 21.3 Å². The van der Waals surface area contributed by atoms with Crippen LogP contribution in [0.15, 0.2) is 72.8 Å². The van der Waals surface area contributed by atoms with Crippen molar-refractivity contribution in [3.63, 3.8) is 0 Å². The average Bonchev–Trinajstić information content (AvgIpc) is 2.79. The van der Waals surface area contributed by atoms with Crippen LogP contribution in [0.5, 0.6) is 0 Å². The Hall–Kier alpha value is -4.27. The Kier molecular flexibility index (Phi) is 7.92. The topological polar surface area (TPSA) is 99.3 Å². The highest BCUT2D eigenvalue weighted by Gasteiger charge is 2.27. The van der Waals surface area contributed by atoms with Gasteiger partial charge in [0.15, 0.2) is 0 Å². The molecule has 34 heavy (non-hydrogen) atoms. The van der Waals surface area contributed by atoms with Gasteiger partial charge in [0.05, 0.1) is 0 Å². The molecule has 0 bridgehead atoms. The molecule has 0 radical (unpaired) electrons. The van der Waals surface area contributed by atoms with Gasteiger partial charge in [-0.25, -0.2) is 13.6 Å². The quantitative estimate of drug-likeness (QED) is 0.394. The maximum Gasteiger partial charge on any atom is 0.323 e. The zero-order valence-electron chi connectivity index (χ0n) is 18.6. The predicted octanol–water partition coefficient (Wildman–Crippen LogP) is 5.00. The van der Waals surface area contributed by atoms with E-state index in [2.05, 4.69) is 21.3 Å². The van der Waals surface area contributed by atoms with Gasteiger partial charge in [-0.05, 0) is 54.4 Å². The summed E-state index contributed by atoms with van der Waals surface area (Å²) in [6.45, 7) is 3.39. The minimum Gasteiger partial charge on any atom is -0.340 e. The highest BCUT2D eigenvalue weighted by Crippen LogP contribution is 2.17. The van der Waals surface area contributed by atoms with Crippen molar-refractivity contribution in [1.29, 1.82) is 0 Å². The third-order valence-corrected chi connectivity index (χ3v) is 4.87. The predicted molar refractivity (Wildman–Crippen MR) is 127 cm³/mol. The van der Waals surface area contributed by atoms with Crippen LogP contribution in [0.2, 0.25) is 0 Å². The van der Waals surface area contributed by atoms with Crippen molar-refractivity contribution < 1.29 is 23.2 Å². The van der Waals surface area contributed by atoms with Crippen molar-refractivity contribution in [2.24, 2.45) is 5.92 Å². The number of anilines is 3. The van der Waals surface area contributed by atoms with Crippen molar-refractivity contribution in [3.8, 4) is 0 Å². The van der Waals surface area contributed by atoms with E-state index in [1.807, 2.05) is 6.07 Å². The maximum absolute atomic E-state index is 13.9. The number of rotatable bonds is 7. The number of hydrogen-bond acceptors (Lipinski definition) is 3. The molecule has 4 amide bonds. The lowest BCUT2D eigenvalue weighted by Crippen LogP contribution is -2.47. The number of amides is 4. The third kappa shape index (κ3) is 6.38. The standard InChI is InChI=1S/C25H24F2N4O3/c1-15(2)22(31-23(32)21-19(26)9-6-10-20(21)27)24(33)28-17-11-13-18(14-12-17)30-25(34)29-16-7-4-3-5-8-16/h3-15,22H,1-2H3,(H,28,33)(H,31,32)(H2,29,30,34)/t22-/m0/s1. The molecular formula is C25H24F2N4O3. The molecule has 1 atom stereocenters. The van der Waals surface area contributed by atoms with E-state index < -0.39 is 41.1 Å². The van der Waals surface area contributed by atoms with Gasteiger partial charge in [-0.15, -0.1) is 0 Å². The van der Waals surface area contributed by atoms with E-state index in [1.165, 1.54) is 0 Å². The summed E-state index contributed by atoms with van der Waals surface area (Å²) in [7, 11) is 0. The number of nitrogens with one attached hydrogen (secondary N) is 4. The maximum atomic E-state index is 13.9. The molecule has 0 heterocycles. The first-order chi connectivity index (χ1) is 16.2. The Bertz CT molecular complexity index is 1150. The fraction of sp³-hybridized carbons (Fsp3) is 0.160.